The molecule has 0 bridgehead atoms. The number of ether oxygens (including phenoxy) is 1. The highest BCUT2D eigenvalue weighted by Gasteiger charge is 2.23. The smallest absolute Gasteiger partial charge is 0.244 e. The molecule has 2 aromatic rings. The molecule has 0 spiro atoms. The summed E-state index contributed by atoms with van der Waals surface area (Å²) in [6, 6.07) is 12.0. The maximum absolute atomic E-state index is 12.2. The predicted octanol–water partition coefficient (Wildman–Crippen LogP) is 2.97. The Morgan fingerprint density at radius 1 is 1.18 bits per heavy atom. The molecule has 1 aromatic heterocycles. The van der Waals surface area contributed by atoms with Gasteiger partial charge in [-0.1, -0.05) is 28.1 Å². The van der Waals surface area contributed by atoms with Crippen LogP contribution in [-0.2, 0) is 19.6 Å². The predicted molar refractivity (Wildman–Crippen MR) is 116 cm³/mol. The quantitative estimate of drug-likeness (QED) is 0.612. The van der Waals surface area contributed by atoms with Gasteiger partial charge in [-0.2, -0.15) is 4.31 Å². The highest BCUT2D eigenvalue weighted by molar-refractivity contribution is 9.10. The van der Waals surface area contributed by atoms with Crippen LogP contribution in [0.25, 0.3) is 16.5 Å². The fourth-order valence-corrected chi connectivity index (χ4v) is 5.19. The number of sulfonamides is 1. The van der Waals surface area contributed by atoms with E-state index in [-0.39, 0.29) is 18.2 Å². The van der Waals surface area contributed by atoms with Gasteiger partial charge in [0, 0.05) is 39.9 Å². The van der Waals surface area contributed by atoms with E-state index in [1.807, 2.05) is 36.4 Å². The lowest BCUT2D eigenvalue weighted by atomic mass is 10.2. The lowest BCUT2D eigenvalue weighted by Crippen LogP contribution is -2.43. The minimum atomic E-state index is -3.36. The van der Waals surface area contributed by atoms with Crippen LogP contribution in [0, 0.1) is 0 Å². The van der Waals surface area contributed by atoms with Crippen molar-refractivity contribution in [3.63, 3.8) is 0 Å². The van der Waals surface area contributed by atoms with E-state index in [9.17, 15) is 13.2 Å². The molecule has 1 aromatic carbocycles. The summed E-state index contributed by atoms with van der Waals surface area (Å²) < 4.78 is 32.0. The molecule has 28 heavy (non-hydrogen) atoms. The van der Waals surface area contributed by atoms with Crippen LogP contribution in [0.5, 0.6) is 0 Å². The number of amides is 1. The zero-order valence-electron chi connectivity index (χ0n) is 15.1. The standard InChI is InChI=1S/C19H21BrN2O4S2/c20-16-3-1-15(2-4-16)18-7-5-17(27-18)6-8-19(23)21-9-14-28(24,25)22-10-12-26-13-11-22/h1-8H,9-14H2,(H,21,23)/b8-6+. The van der Waals surface area contributed by atoms with Gasteiger partial charge in [-0.25, -0.2) is 8.42 Å². The van der Waals surface area contributed by atoms with E-state index in [2.05, 4.69) is 21.2 Å². The molecule has 1 aliphatic rings. The van der Waals surface area contributed by atoms with Gasteiger partial charge < -0.3 is 10.1 Å². The molecule has 0 aliphatic carbocycles. The molecule has 1 fully saturated rings. The lowest BCUT2D eigenvalue weighted by Gasteiger charge is -2.25. The third-order valence-electron chi connectivity index (χ3n) is 4.18. The Labute approximate surface area is 177 Å². The number of halogens is 1. The third kappa shape index (κ3) is 5.99. The number of nitrogens with zero attached hydrogens (tertiary/aromatic N) is 1. The minimum absolute atomic E-state index is 0.0808. The molecule has 1 saturated heterocycles. The Morgan fingerprint density at radius 2 is 1.89 bits per heavy atom. The first-order valence-corrected chi connectivity index (χ1v) is 12.0. The summed E-state index contributed by atoms with van der Waals surface area (Å²) in [5, 5.41) is 2.63. The molecule has 0 radical (unpaired) electrons. The highest BCUT2D eigenvalue weighted by Crippen LogP contribution is 2.29. The van der Waals surface area contributed by atoms with E-state index in [0.717, 1.165) is 19.8 Å². The SMILES string of the molecule is O=C(/C=C/c1ccc(-c2ccc(Br)cc2)s1)NCCS(=O)(=O)N1CCOCC1. The van der Waals surface area contributed by atoms with E-state index in [1.165, 1.54) is 10.4 Å². The van der Waals surface area contributed by atoms with Gasteiger partial charge >= 0.3 is 0 Å². The maximum Gasteiger partial charge on any atom is 0.244 e. The number of hydrogen-bond donors (Lipinski definition) is 1. The van der Waals surface area contributed by atoms with Crippen LogP contribution in [0.4, 0.5) is 0 Å². The third-order valence-corrected chi connectivity index (χ3v) is 7.68. The van der Waals surface area contributed by atoms with Crippen molar-refractivity contribution in [1.29, 1.82) is 0 Å². The largest absolute Gasteiger partial charge is 0.379 e. The first kappa shape index (κ1) is 21.2. The average molecular weight is 485 g/mol. The van der Waals surface area contributed by atoms with Gasteiger partial charge in [0.2, 0.25) is 15.9 Å². The van der Waals surface area contributed by atoms with Crippen LogP contribution in [0.15, 0.2) is 46.9 Å². The van der Waals surface area contributed by atoms with E-state index < -0.39 is 10.0 Å². The Balaban J connectivity index is 1.48. The summed E-state index contributed by atoms with van der Waals surface area (Å²) >= 11 is 5.01. The normalized spacial score (nSPS) is 15.8. The Bertz CT molecular complexity index is 933. The summed E-state index contributed by atoms with van der Waals surface area (Å²) in [5.74, 6) is -0.421. The summed E-state index contributed by atoms with van der Waals surface area (Å²) in [6.45, 7) is 1.65. The molecule has 9 heteroatoms. The van der Waals surface area contributed by atoms with Crippen molar-refractivity contribution in [2.24, 2.45) is 0 Å². The van der Waals surface area contributed by atoms with Crippen LogP contribution in [0.2, 0.25) is 0 Å². The van der Waals surface area contributed by atoms with E-state index in [4.69, 9.17) is 4.74 Å². The average Bonchev–Trinajstić information content (AvgIpc) is 3.16. The Kier molecular flexibility index (Phi) is 7.42. The van der Waals surface area contributed by atoms with Gasteiger partial charge in [-0.05, 0) is 35.9 Å². The number of nitrogens with one attached hydrogen (secondary N) is 1. The van der Waals surface area contributed by atoms with Crippen molar-refractivity contribution in [2.75, 3.05) is 38.6 Å². The molecular weight excluding hydrogens is 464 g/mol. The molecule has 2 heterocycles. The number of morpholine rings is 1. The molecular formula is C19H21BrN2O4S2. The Morgan fingerprint density at radius 3 is 2.61 bits per heavy atom. The van der Waals surface area contributed by atoms with Gasteiger partial charge in [-0.15, -0.1) is 11.3 Å². The topological polar surface area (TPSA) is 75.7 Å². The first-order valence-electron chi connectivity index (χ1n) is 8.81. The minimum Gasteiger partial charge on any atom is -0.379 e. The number of hydrogen-bond acceptors (Lipinski definition) is 5. The number of rotatable bonds is 7. The highest BCUT2D eigenvalue weighted by atomic mass is 79.9. The van der Waals surface area contributed by atoms with Crippen molar-refractivity contribution in [3.05, 3.63) is 51.8 Å². The van der Waals surface area contributed by atoms with Gasteiger partial charge in [0.1, 0.15) is 0 Å². The monoisotopic (exact) mass is 484 g/mol. The van der Waals surface area contributed by atoms with Crippen molar-refractivity contribution < 1.29 is 17.9 Å². The fourth-order valence-electron chi connectivity index (χ4n) is 2.69. The summed E-state index contributed by atoms with van der Waals surface area (Å²) in [6.07, 6.45) is 3.16. The molecule has 1 aliphatic heterocycles. The van der Waals surface area contributed by atoms with Crippen LogP contribution in [-0.4, -0.2) is 57.2 Å². The zero-order chi connectivity index (χ0) is 20.0. The van der Waals surface area contributed by atoms with Gasteiger partial charge in [-0.3, -0.25) is 4.79 Å². The zero-order valence-corrected chi connectivity index (χ0v) is 18.4. The number of carbonyl (C=O) groups excluding carboxylic acids is 1. The first-order chi connectivity index (χ1) is 13.4. The maximum atomic E-state index is 12.2. The van der Waals surface area contributed by atoms with Gasteiger partial charge in [0.15, 0.2) is 0 Å². The molecule has 0 unspecified atom stereocenters. The lowest BCUT2D eigenvalue weighted by molar-refractivity contribution is -0.116. The van der Waals surface area contributed by atoms with Gasteiger partial charge in [0.05, 0.1) is 19.0 Å². The van der Waals surface area contributed by atoms with Crippen LogP contribution < -0.4 is 5.32 Å². The number of thiophene rings is 1. The van der Waals surface area contributed by atoms with Crippen LogP contribution >= 0.6 is 27.3 Å². The molecule has 3 rings (SSSR count). The Hall–Kier alpha value is -1.52. The van der Waals surface area contributed by atoms with Crippen molar-refractivity contribution >= 4 is 49.3 Å². The molecule has 0 atom stereocenters. The van der Waals surface area contributed by atoms with Crippen molar-refractivity contribution in [3.8, 4) is 10.4 Å². The molecule has 6 nitrogen and oxygen atoms in total. The van der Waals surface area contributed by atoms with Gasteiger partial charge in [0.25, 0.3) is 0 Å². The summed E-state index contributed by atoms with van der Waals surface area (Å²) in [7, 11) is -3.36. The van der Waals surface area contributed by atoms with Crippen molar-refractivity contribution in [2.45, 2.75) is 0 Å². The van der Waals surface area contributed by atoms with E-state index in [1.54, 1.807) is 17.4 Å². The number of carbonyl (C=O) groups is 1. The van der Waals surface area contributed by atoms with Crippen molar-refractivity contribution in [1.82, 2.24) is 9.62 Å². The summed E-state index contributed by atoms with van der Waals surface area (Å²) in [4.78, 5) is 14.0. The van der Waals surface area contributed by atoms with E-state index >= 15 is 0 Å². The second kappa shape index (κ2) is 9.80. The molecule has 0 saturated carbocycles. The number of benzene rings is 1. The molecule has 150 valence electrons. The second-order valence-electron chi connectivity index (χ2n) is 6.16. The molecule has 1 amide bonds. The van der Waals surface area contributed by atoms with Crippen LogP contribution in [0.1, 0.15) is 4.88 Å². The van der Waals surface area contributed by atoms with E-state index in [0.29, 0.717) is 26.3 Å². The molecule has 1 N–H and O–H groups in total. The summed E-state index contributed by atoms with van der Waals surface area (Å²) in [5.41, 5.74) is 1.12. The fraction of sp³-hybridized carbons (Fsp3) is 0.316. The van der Waals surface area contributed by atoms with Crippen LogP contribution in [0.3, 0.4) is 0 Å². The second-order valence-corrected chi connectivity index (χ2v) is 10.3.